The van der Waals surface area contributed by atoms with Crippen LogP contribution in [0.3, 0.4) is 0 Å². The van der Waals surface area contributed by atoms with E-state index in [1.54, 1.807) is 24.3 Å². The zero-order chi connectivity index (χ0) is 24.8. The number of nitrogens with zero attached hydrogens (tertiary/aromatic N) is 3. The van der Waals surface area contributed by atoms with E-state index in [1.165, 1.54) is 19.2 Å². The number of hydrogen-bond donors (Lipinski definition) is 0. The molecule has 0 aliphatic carbocycles. The van der Waals surface area contributed by atoms with Gasteiger partial charge in [0.25, 0.3) is 0 Å². The minimum Gasteiger partial charge on any atom is -0.494 e. The first-order valence-electron chi connectivity index (χ1n) is 12.1. The molecule has 0 atom stereocenters. The van der Waals surface area contributed by atoms with E-state index >= 15 is 0 Å². The van der Waals surface area contributed by atoms with Gasteiger partial charge in [0, 0.05) is 45.0 Å². The van der Waals surface area contributed by atoms with Crippen LogP contribution in [0, 0.1) is 16.5 Å². The van der Waals surface area contributed by atoms with E-state index in [2.05, 4.69) is 10.1 Å². The predicted octanol–water partition coefficient (Wildman–Crippen LogP) is 5.01. The highest BCUT2D eigenvalue weighted by Crippen LogP contribution is 2.32. The Morgan fingerprint density at radius 2 is 1.74 bits per heavy atom. The van der Waals surface area contributed by atoms with Gasteiger partial charge in [-0.2, -0.15) is 0 Å². The molecule has 2 aromatic carbocycles. The quantitative estimate of drug-likeness (QED) is 0.490. The molecule has 4 rings (SSSR count). The summed E-state index contributed by atoms with van der Waals surface area (Å²) in [5.41, 5.74) is 1.08. The highest BCUT2D eigenvalue weighted by molar-refractivity contribution is 5.76. The molecule has 0 unspecified atom stereocenters. The summed E-state index contributed by atoms with van der Waals surface area (Å²) in [5.74, 6) is -0.246. The maximum atomic E-state index is 13.5. The van der Waals surface area contributed by atoms with Gasteiger partial charge in [0.15, 0.2) is 17.4 Å². The molecule has 0 N–H and O–H groups in total. The van der Waals surface area contributed by atoms with E-state index < -0.39 is 11.6 Å². The molecular formula is C26H31F2N3O4. The topological polar surface area (TPSA) is 71.4 Å². The van der Waals surface area contributed by atoms with Gasteiger partial charge in [0.05, 0.1) is 7.11 Å². The molecule has 1 amide bonds. The number of nitroso groups, excluding NO2 is 1. The van der Waals surface area contributed by atoms with Crippen molar-refractivity contribution in [3.63, 3.8) is 0 Å². The second kappa shape index (κ2) is 11.6. The molecule has 35 heavy (non-hydrogen) atoms. The zero-order valence-corrected chi connectivity index (χ0v) is 19.9. The first-order chi connectivity index (χ1) is 17.0. The lowest BCUT2D eigenvalue weighted by Crippen LogP contribution is -2.43. The second-order valence-corrected chi connectivity index (χ2v) is 9.16. The standard InChI is InChI=1S/C26H31F2N3O4/c1-34-25-17-21(3-5-24(25)29-33)35-20-8-14-31(15-9-20)26(32)10-13-30-11-6-18(7-12-30)19-2-4-22(27)23(28)16-19/h2-5,16-18,20H,6-15H2,1H3. The molecule has 0 saturated carbocycles. The van der Waals surface area contributed by atoms with Crippen molar-refractivity contribution < 1.29 is 23.0 Å². The third-order valence-corrected chi connectivity index (χ3v) is 6.99. The van der Waals surface area contributed by atoms with Crippen molar-refractivity contribution in [3.8, 4) is 11.5 Å². The Bertz CT molecular complexity index is 1040. The average molecular weight is 488 g/mol. The molecule has 2 aromatic rings. The average Bonchev–Trinajstić information content (AvgIpc) is 2.89. The van der Waals surface area contributed by atoms with Crippen molar-refractivity contribution in [3.05, 3.63) is 58.5 Å². The monoisotopic (exact) mass is 487 g/mol. The van der Waals surface area contributed by atoms with Gasteiger partial charge in [0.2, 0.25) is 5.91 Å². The highest BCUT2D eigenvalue weighted by atomic mass is 19.2. The molecular weight excluding hydrogens is 456 g/mol. The summed E-state index contributed by atoms with van der Waals surface area (Å²) in [6.45, 7) is 3.68. The Labute approximate surface area is 204 Å². The predicted molar refractivity (Wildman–Crippen MR) is 128 cm³/mol. The number of carbonyl (C=O) groups excluding carboxylic acids is 1. The SMILES string of the molecule is COc1cc(OC2CCN(C(=O)CCN3CCC(c4ccc(F)c(F)c4)CC3)CC2)ccc1N=O. The van der Waals surface area contributed by atoms with Crippen LogP contribution >= 0.6 is 0 Å². The number of rotatable bonds is 8. The fourth-order valence-corrected chi connectivity index (χ4v) is 4.89. The van der Waals surface area contributed by atoms with Crippen LogP contribution in [-0.4, -0.2) is 61.6 Å². The van der Waals surface area contributed by atoms with E-state index in [-0.39, 0.29) is 23.6 Å². The normalized spacial score (nSPS) is 17.9. The van der Waals surface area contributed by atoms with Crippen LogP contribution in [0.1, 0.15) is 43.6 Å². The molecule has 0 spiro atoms. The van der Waals surface area contributed by atoms with Crippen LogP contribution in [0.2, 0.25) is 0 Å². The lowest BCUT2D eigenvalue weighted by molar-refractivity contribution is -0.133. The number of likely N-dealkylation sites (tertiary alicyclic amines) is 2. The van der Waals surface area contributed by atoms with Crippen molar-refractivity contribution in [1.29, 1.82) is 0 Å². The first kappa shape index (κ1) is 25.0. The van der Waals surface area contributed by atoms with Gasteiger partial charge >= 0.3 is 0 Å². The van der Waals surface area contributed by atoms with Gasteiger partial charge in [0.1, 0.15) is 17.5 Å². The summed E-state index contributed by atoms with van der Waals surface area (Å²) in [4.78, 5) is 27.7. The van der Waals surface area contributed by atoms with E-state index in [9.17, 15) is 18.5 Å². The minimum atomic E-state index is -0.814. The largest absolute Gasteiger partial charge is 0.494 e. The number of hydrogen-bond acceptors (Lipinski definition) is 6. The molecule has 0 bridgehead atoms. The van der Waals surface area contributed by atoms with Gasteiger partial charge in [-0.3, -0.25) is 4.79 Å². The summed E-state index contributed by atoms with van der Waals surface area (Å²) < 4.78 is 37.9. The number of amides is 1. The number of ether oxygens (including phenoxy) is 2. The molecule has 2 fully saturated rings. The Hall–Kier alpha value is -3.07. The summed E-state index contributed by atoms with van der Waals surface area (Å²) in [6, 6.07) is 9.10. The molecule has 2 saturated heterocycles. The van der Waals surface area contributed by atoms with Crippen LogP contribution in [0.5, 0.6) is 11.5 Å². The smallest absolute Gasteiger partial charge is 0.223 e. The zero-order valence-electron chi connectivity index (χ0n) is 19.9. The highest BCUT2D eigenvalue weighted by Gasteiger charge is 2.26. The van der Waals surface area contributed by atoms with Gasteiger partial charge in [-0.05, 0) is 66.9 Å². The minimum absolute atomic E-state index is 0.00544. The Balaban J connectivity index is 1.17. The Morgan fingerprint density at radius 3 is 2.40 bits per heavy atom. The van der Waals surface area contributed by atoms with E-state index in [4.69, 9.17) is 9.47 Å². The molecule has 0 aromatic heterocycles. The van der Waals surface area contributed by atoms with E-state index in [1.807, 2.05) is 4.90 Å². The first-order valence-corrected chi connectivity index (χ1v) is 12.1. The summed E-state index contributed by atoms with van der Waals surface area (Å²) in [6.07, 6.45) is 3.68. The molecule has 2 heterocycles. The number of halogens is 2. The third-order valence-electron chi connectivity index (χ3n) is 6.99. The van der Waals surface area contributed by atoms with Crippen LogP contribution in [0.15, 0.2) is 41.6 Å². The van der Waals surface area contributed by atoms with Crippen LogP contribution in [-0.2, 0) is 4.79 Å². The van der Waals surface area contributed by atoms with Gasteiger partial charge in [-0.25, -0.2) is 8.78 Å². The van der Waals surface area contributed by atoms with Crippen molar-refractivity contribution >= 4 is 11.6 Å². The molecule has 188 valence electrons. The van der Waals surface area contributed by atoms with Crippen LogP contribution < -0.4 is 9.47 Å². The summed E-state index contributed by atoms with van der Waals surface area (Å²) in [7, 11) is 1.48. The number of carbonyl (C=O) groups is 1. The maximum Gasteiger partial charge on any atom is 0.223 e. The molecule has 9 heteroatoms. The van der Waals surface area contributed by atoms with Crippen molar-refractivity contribution in [1.82, 2.24) is 9.80 Å². The van der Waals surface area contributed by atoms with Crippen molar-refractivity contribution in [2.24, 2.45) is 5.18 Å². The van der Waals surface area contributed by atoms with Crippen molar-refractivity contribution in [2.75, 3.05) is 39.8 Å². The fourth-order valence-electron chi connectivity index (χ4n) is 4.89. The molecule has 0 radical (unpaired) electrons. The second-order valence-electron chi connectivity index (χ2n) is 9.16. The van der Waals surface area contributed by atoms with Gasteiger partial charge in [-0.15, -0.1) is 4.91 Å². The lowest BCUT2D eigenvalue weighted by Gasteiger charge is -2.34. The van der Waals surface area contributed by atoms with Gasteiger partial charge < -0.3 is 19.3 Å². The molecule has 2 aliphatic heterocycles. The summed E-state index contributed by atoms with van der Waals surface area (Å²) >= 11 is 0. The van der Waals surface area contributed by atoms with Gasteiger partial charge in [-0.1, -0.05) is 6.07 Å². The Morgan fingerprint density at radius 1 is 1.00 bits per heavy atom. The number of methoxy groups -OCH3 is 1. The summed E-state index contributed by atoms with van der Waals surface area (Å²) in [5, 5.41) is 2.93. The molecule has 7 nitrogen and oxygen atoms in total. The van der Waals surface area contributed by atoms with Crippen molar-refractivity contribution in [2.45, 2.75) is 44.1 Å². The third kappa shape index (κ3) is 6.33. The molecule has 2 aliphatic rings. The van der Waals surface area contributed by atoms with Crippen LogP contribution in [0.4, 0.5) is 14.5 Å². The van der Waals surface area contributed by atoms with Crippen LogP contribution in [0.25, 0.3) is 0 Å². The Kier molecular flexibility index (Phi) is 8.28. The van der Waals surface area contributed by atoms with E-state index in [0.29, 0.717) is 37.6 Å². The number of benzene rings is 2. The lowest BCUT2D eigenvalue weighted by atomic mass is 9.89. The number of piperidine rings is 2. The fraction of sp³-hybridized carbons (Fsp3) is 0.500. The maximum absolute atomic E-state index is 13.5. The van der Waals surface area contributed by atoms with E-state index in [0.717, 1.165) is 44.3 Å².